The van der Waals surface area contributed by atoms with Gasteiger partial charge < -0.3 is 9.84 Å². The van der Waals surface area contributed by atoms with Crippen molar-refractivity contribution in [2.75, 3.05) is 0 Å². The molecule has 0 unspecified atom stereocenters. The number of carbonyl (C=O) groups is 4. The SMILES string of the molecule is O=C1C2=C(C(=O)c3ccccc31)C(c1cc(Cl)cc(Br)c1O)C1=C(O2)C(=O)c2ccccc2C1=O. The fourth-order valence-corrected chi connectivity index (χ4v) is 5.67. The van der Waals surface area contributed by atoms with Crippen LogP contribution in [0.5, 0.6) is 5.75 Å². The first-order chi connectivity index (χ1) is 16.8. The van der Waals surface area contributed by atoms with Crippen LogP contribution in [0.15, 0.2) is 87.8 Å². The van der Waals surface area contributed by atoms with Gasteiger partial charge in [0.25, 0.3) is 0 Å². The Hall–Kier alpha value is -3.81. The molecule has 0 saturated heterocycles. The molecule has 0 bridgehead atoms. The maximum atomic E-state index is 13.7. The lowest BCUT2D eigenvalue weighted by Crippen LogP contribution is -2.37. The molecule has 0 amide bonds. The summed E-state index contributed by atoms with van der Waals surface area (Å²) in [5.74, 6) is -4.49. The number of fused-ring (bicyclic) bond motifs is 2. The maximum Gasteiger partial charge on any atom is 0.229 e. The predicted octanol–water partition coefficient (Wildman–Crippen LogP) is 5.59. The average Bonchev–Trinajstić information content (AvgIpc) is 2.87. The molecule has 6 nitrogen and oxygen atoms in total. The first-order valence-corrected chi connectivity index (χ1v) is 11.7. The van der Waals surface area contributed by atoms with Gasteiger partial charge in [-0.15, -0.1) is 0 Å². The minimum atomic E-state index is -1.27. The highest BCUT2D eigenvalue weighted by Gasteiger charge is 2.50. The molecule has 1 N–H and O–H groups in total. The van der Waals surface area contributed by atoms with Crippen LogP contribution in [0.1, 0.15) is 52.9 Å². The van der Waals surface area contributed by atoms with Crippen LogP contribution >= 0.6 is 27.5 Å². The van der Waals surface area contributed by atoms with Crippen molar-refractivity contribution in [1.29, 1.82) is 0 Å². The first-order valence-electron chi connectivity index (χ1n) is 10.5. The highest BCUT2D eigenvalue weighted by atomic mass is 79.9. The number of ketones is 4. The number of hydrogen-bond donors (Lipinski definition) is 1. The third kappa shape index (κ3) is 2.95. The fourth-order valence-electron chi connectivity index (χ4n) is 4.83. The van der Waals surface area contributed by atoms with Crippen molar-refractivity contribution in [3.8, 4) is 5.75 Å². The van der Waals surface area contributed by atoms with Crippen LogP contribution in [0.2, 0.25) is 5.02 Å². The molecule has 0 radical (unpaired) electrons. The van der Waals surface area contributed by atoms with Gasteiger partial charge in [0.2, 0.25) is 11.6 Å². The Kier molecular flexibility index (Phi) is 4.71. The predicted molar refractivity (Wildman–Crippen MR) is 129 cm³/mol. The molecule has 170 valence electrons. The quantitative estimate of drug-likeness (QED) is 0.427. The highest BCUT2D eigenvalue weighted by molar-refractivity contribution is 9.10. The van der Waals surface area contributed by atoms with Crippen molar-refractivity contribution < 1.29 is 29.0 Å². The van der Waals surface area contributed by atoms with E-state index < -0.39 is 29.1 Å². The van der Waals surface area contributed by atoms with Crippen LogP contribution in [-0.2, 0) is 4.74 Å². The Labute approximate surface area is 211 Å². The molecular formula is C27H12BrClO6. The largest absolute Gasteiger partial charge is 0.506 e. The second-order valence-electron chi connectivity index (χ2n) is 8.25. The van der Waals surface area contributed by atoms with Crippen molar-refractivity contribution >= 4 is 50.7 Å². The smallest absolute Gasteiger partial charge is 0.229 e. The van der Waals surface area contributed by atoms with Gasteiger partial charge in [-0.3, -0.25) is 19.2 Å². The lowest BCUT2D eigenvalue weighted by molar-refractivity contribution is 0.0821. The number of ether oxygens (including phenoxy) is 1. The molecule has 0 saturated carbocycles. The van der Waals surface area contributed by atoms with E-state index in [1.54, 1.807) is 24.3 Å². The summed E-state index contributed by atoms with van der Waals surface area (Å²) in [6.45, 7) is 0. The molecule has 0 atom stereocenters. The summed E-state index contributed by atoms with van der Waals surface area (Å²) in [7, 11) is 0. The summed E-state index contributed by atoms with van der Waals surface area (Å²) in [6, 6.07) is 15.4. The summed E-state index contributed by atoms with van der Waals surface area (Å²) in [5, 5.41) is 11.2. The molecule has 0 aromatic heterocycles. The third-order valence-electron chi connectivity index (χ3n) is 6.37. The summed E-state index contributed by atoms with van der Waals surface area (Å²) < 4.78 is 6.04. The maximum absolute atomic E-state index is 13.7. The van der Waals surface area contributed by atoms with E-state index in [0.29, 0.717) is 0 Å². The van der Waals surface area contributed by atoms with Crippen molar-refractivity contribution in [3.05, 3.63) is 121 Å². The molecule has 0 fully saturated rings. The van der Waals surface area contributed by atoms with E-state index in [4.69, 9.17) is 16.3 Å². The summed E-state index contributed by atoms with van der Waals surface area (Å²) in [6.07, 6.45) is 0. The third-order valence-corrected chi connectivity index (χ3v) is 7.20. The zero-order chi connectivity index (χ0) is 24.6. The van der Waals surface area contributed by atoms with Gasteiger partial charge in [0, 0.05) is 32.8 Å². The van der Waals surface area contributed by atoms with Gasteiger partial charge in [0.1, 0.15) is 5.75 Å². The van der Waals surface area contributed by atoms with Crippen molar-refractivity contribution in [3.63, 3.8) is 0 Å². The van der Waals surface area contributed by atoms with E-state index in [1.807, 2.05) is 0 Å². The summed E-state index contributed by atoms with van der Waals surface area (Å²) >= 11 is 9.52. The summed E-state index contributed by atoms with van der Waals surface area (Å²) in [5.41, 5.74) is 0.383. The van der Waals surface area contributed by atoms with Gasteiger partial charge in [0.05, 0.1) is 21.5 Å². The van der Waals surface area contributed by atoms with Crippen LogP contribution < -0.4 is 0 Å². The van der Waals surface area contributed by atoms with Gasteiger partial charge in [-0.2, -0.15) is 0 Å². The zero-order valence-electron chi connectivity index (χ0n) is 17.6. The highest BCUT2D eigenvalue weighted by Crippen LogP contribution is 2.51. The molecule has 6 rings (SSSR count). The minimum absolute atomic E-state index is 0.0914. The van der Waals surface area contributed by atoms with Gasteiger partial charge in [0.15, 0.2) is 23.1 Å². The summed E-state index contributed by atoms with van der Waals surface area (Å²) in [4.78, 5) is 54.4. The molecule has 3 aromatic carbocycles. The van der Waals surface area contributed by atoms with E-state index in [1.165, 1.54) is 36.4 Å². The lowest BCUT2D eigenvalue weighted by Gasteiger charge is -2.35. The van der Waals surface area contributed by atoms with Crippen LogP contribution in [-0.4, -0.2) is 28.2 Å². The number of hydrogen-bond acceptors (Lipinski definition) is 6. The fraction of sp³-hybridized carbons (Fsp3) is 0.0370. The van der Waals surface area contributed by atoms with Gasteiger partial charge in [-0.25, -0.2) is 0 Å². The Balaban J connectivity index is 1.69. The zero-order valence-corrected chi connectivity index (χ0v) is 19.9. The lowest BCUT2D eigenvalue weighted by atomic mass is 9.70. The Morgan fingerprint density at radius 2 is 1.14 bits per heavy atom. The number of allylic oxidation sites excluding steroid dienone is 4. The van der Waals surface area contributed by atoms with E-state index in [2.05, 4.69) is 15.9 Å². The molecule has 1 aliphatic heterocycles. The number of rotatable bonds is 1. The number of halogens is 2. The van der Waals surface area contributed by atoms with Gasteiger partial charge in [-0.05, 0) is 28.1 Å². The van der Waals surface area contributed by atoms with Gasteiger partial charge >= 0.3 is 0 Å². The molecule has 8 heteroatoms. The van der Waals surface area contributed by atoms with E-state index in [9.17, 15) is 24.3 Å². The van der Waals surface area contributed by atoms with Crippen LogP contribution in [0.25, 0.3) is 0 Å². The molecule has 1 heterocycles. The van der Waals surface area contributed by atoms with Crippen molar-refractivity contribution in [1.82, 2.24) is 0 Å². The number of aromatic hydroxyl groups is 1. The average molecular weight is 548 g/mol. The first kappa shape index (κ1) is 21.7. The topological polar surface area (TPSA) is 97.7 Å². The van der Waals surface area contributed by atoms with Crippen molar-refractivity contribution in [2.24, 2.45) is 0 Å². The van der Waals surface area contributed by atoms with E-state index in [-0.39, 0.29) is 65.7 Å². The molecule has 2 aliphatic carbocycles. The van der Waals surface area contributed by atoms with E-state index >= 15 is 0 Å². The van der Waals surface area contributed by atoms with Crippen molar-refractivity contribution in [2.45, 2.75) is 5.92 Å². The Morgan fingerprint density at radius 3 is 1.60 bits per heavy atom. The number of carbonyl (C=O) groups excluding carboxylic acids is 4. The van der Waals surface area contributed by atoms with Gasteiger partial charge in [-0.1, -0.05) is 60.1 Å². The van der Waals surface area contributed by atoms with Crippen LogP contribution in [0.3, 0.4) is 0 Å². The monoisotopic (exact) mass is 546 g/mol. The second-order valence-corrected chi connectivity index (χ2v) is 9.54. The van der Waals surface area contributed by atoms with E-state index in [0.717, 1.165) is 0 Å². The minimum Gasteiger partial charge on any atom is -0.506 e. The Morgan fingerprint density at radius 1 is 0.714 bits per heavy atom. The molecule has 0 spiro atoms. The normalized spacial score (nSPS) is 17.1. The standard InChI is InChI=1S/C27H12BrClO6/c28-17-10-11(29)9-16(21(17)30)18-19-22(31)12-5-1-3-7-14(12)24(33)26(19)35-27-20(18)23(32)13-6-2-4-8-15(13)25(27)34/h1-10,18,30H. The van der Waals surface area contributed by atoms with Crippen LogP contribution in [0.4, 0.5) is 0 Å². The number of phenols is 1. The number of phenolic OH excluding ortho intramolecular Hbond substituents is 1. The number of benzene rings is 3. The molecule has 3 aromatic rings. The number of Topliss-reactive ketones (excluding diaryl/α,β-unsaturated/α-hetero) is 4. The molecule has 3 aliphatic rings. The molecular weight excluding hydrogens is 536 g/mol. The van der Waals surface area contributed by atoms with Crippen LogP contribution in [0, 0.1) is 0 Å². The Bertz CT molecular complexity index is 1540. The molecule has 35 heavy (non-hydrogen) atoms. The second kappa shape index (κ2) is 7.60.